The number of nitrogens with two attached hydrogens (primary N) is 1. The molecule has 1 aliphatic rings. The van der Waals surface area contributed by atoms with Gasteiger partial charge in [0.25, 0.3) is 5.97 Å². The predicted molar refractivity (Wildman–Crippen MR) is 151 cm³/mol. The zero-order valence-electron chi connectivity index (χ0n) is 21.1. The van der Waals surface area contributed by atoms with Crippen LogP contribution in [0.3, 0.4) is 0 Å². The molecule has 5 rings (SSSR count). The van der Waals surface area contributed by atoms with E-state index in [-0.39, 0.29) is 29.7 Å². The smallest absolute Gasteiger partial charge is 0.300 e. The first-order chi connectivity index (χ1) is 18.4. The number of hydrogen-bond acceptors (Lipinski definition) is 5. The molecule has 0 atom stereocenters. The van der Waals surface area contributed by atoms with E-state index in [1.54, 1.807) is 47.4 Å². The van der Waals surface area contributed by atoms with Crippen LogP contribution in [-0.2, 0) is 26.2 Å². The molecular weight excluding hydrogens is 540 g/mol. The van der Waals surface area contributed by atoms with Crippen molar-refractivity contribution in [1.82, 2.24) is 9.21 Å². The third kappa shape index (κ3) is 6.54. The van der Waals surface area contributed by atoms with Crippen molar-refractivity contribution in [2.24, 2.45) is 5.73 Å². The number of carbonyl (C=O) groups is 2. The van der Waals surface area contributed by atoms with Crippen LogP contribution in [0.1, 0.15) is 18.1 Å². The molecule has 0 unspecified atom stereocenters. The van der Waals surface area contributed by atoms with Gasteiger partial charge in [0.2, 0.25) is 15.9 Å². The van der Waals surface area contributed by atoms with Crippen molar-refractivity contribution in [2.75, 3.05) is 19.6 Å². The summed E-state index contributed by atoms with van der Waals surface area (Å²) >= 11 is 6.02. The normalized spacial score (nSPS) is 14.2. The molecule has 1 amide bonds. The van der Waals surface area contributed by atoms with Crippen LogP contribution in [0, 0.1) is 5.41 Å². The second-order valence-electron chi connectivity index (χ2n) is 9.14. The number of nitrogens with one attached hydrogen (secondary N) is 1. The minimum atomic E-state index is -3.81. The average molecular weight is 567 g/mol. The van der Waals surface area contributed by atoms with Gasteiger partial charge in [-0.2, -0.15) is 4.31 Å². The molecule has 39 heavy (non-hydrogen) atoms. The van der Waals surface area contributed by atoms with Crippen molar-refractivity contribution in [3.8, 4) is 0 Å². The lowest BCUT2D eigenvalue weighted by atomic mass is 10.0. The highest BCUT2D eigenvalue weighted by atomic mass is 35.5. The van der Waals surface area contributed by atoms with Gasteiger partial charge in [0.1, 0.15) is 5.84 Å². The fourth-order valence-electron chi connectivity index (χ4n) is 4.35. The largest absolute Gasteiger partial charge is 0.481 e. The molecule has 0 bridgehead atoms. The summed E-state index contributed by atoms with van der Waals surface area (Å²) in [5, 5.41) is 19.2. The maximum Gasteiger partial charge on any atom is 0.300 e. The summed E-state index contributed by atoms with van der Waals surface area (Å²) in [7, 11) is -3.81. The molecule has 4 N–H and O–H groups in total. The lowest BCUT2D eigenvalue weighted by Gasteiger charge is -2.33. The Labute approximate surface area is 230 Å². The number of carboxylic acids is 1. The van der Waals surface area contributed by atoms with Crippen LogP contribution in [0.4, 0.5) is 0 Å². The van der Waals surface area contributed by atoms with Gasteiger partial charge >= 0.3 is 0 Å². The van der Waals surface area contributed by atoms with E-state index >= 15 is 0 Å². The van der Waals surface area contributed by atoms with Gasteiger partial charge in [-0.3, -0.25) is 15.0 Å². The molecule has 0 spiro atoms. The molecule has 0 saturated carbocycles. The SMILES string of the molecule is CC(=O)O.N=C(N)c1ccc2ccc(CN3CCN(S(=O)(=O)c4ccc5cc(Cl)ccc5c4)CC3=O)cc2c1. The Hall–Kier alpha value is -3.99. The zero-order chi connectivity index (χ0) is 28.3. The van der Waals surface area contributed by atoms with Crippen molar-refractivity contribution in [3.63, 3.8) is 0 Å². The molecule has 0 radical (unpaired) electrons. The van der Waals surface area contributed by atoms with Crippen LogP contribution in [0.25, 0.3) is 21.5 Å². The standard InChI is InChI=1S/C26H23ClN4O3S.C2H4O2/c27-23-7-5-20-14-24(8-6-19(20)13-23)35(33,34)31-10-9-30(25(32)16-31)15-17-1-2-18-3-4-21(26(28)29)12-22(18)11-17;1-2(3)4/h1-8,11-14H,9-10,15-16H2,(H3,28,29);1H3,(H,3,4). The first kappa shape index (κ1) is 28.0. The Morgan fingerprint density at radius 2 is 1.59 bits per heavy atom. The maximum absolute atomic E-state index is 13.2. The number of hydrogen-bond donors (Lipinski definition) is 3. The van der Waals surface area contributed by atoms with Crippen molar-refractivity contribution in [3.05, 3.63) is 88.9 Å². The molecule has 11 heteroatoms. The van der Waals surface area contributed by atoms with Gasteiger partial charge < -0.3 is 15.7 Å². The molecule has 202 valence electrons. The summed E-state index contributed by atoms with van der Waals surface area (Å²) in [6.07, 6.45) is 0. The Kier molecular flexibility index (Phi) is 8.19. The number of sulfonamides is 1. The van der Waals surface area contributed by atoms with E-state index in [1.807, 2.05) is 30.3 Å². The number of nitrogen functional groups attached to an aromatic ring is 1. The third-order valence-corrected chi connectivity index (χ3v) is 8.36. The highest BCUT2D eigenvalue weighted by Crippen LogP contribution is 2.26. The summed E-state index contributed by atoms with van der Waals surface area (Å²) in [6.45, 7) is 1.77. The van der Waals surface area contributed by atoms with Crippen LogP contribution in [-0.4, -0.2) is 60.1 Å². The van der Waals surface area contributed by atoms with Crippen molar-refractivity contribution in [2.45, 2.75) is 18.4 Å². The summed E-state index contributed by atoms with van der Waals surface area (Å²) in [5.41, 5.74) is 7.17. The summed E-state index contributed by atoms with van der Waals surface area (Å²) in [6, 6.07) is 21.6. The van der Waals surface area contributed by atoms with Gasteiger partial charge in [-0.1, -0.05) is 48.0 Å². The van der Waals surface area contributed by atoms with Gasteiger partial charge in [-0.25, -0.2) is 8.42 Å². The molecule has 1 heterocycles. The van der Waals surface area contributed by atoms with E-state index in [1.165, 1.54) is 4.31 Å². The molecular formula is C28H27ClN4O5S. The Balaban J connectivity index is 0.000000826. The van der Waals surface area contributed by atoms with E-state index in [4.69, 9.17) is 32.6 Å². The van der Waals surface area contributed by atoms with Gasteiger partial charge in [0.15, 0.2) is 0 Å². The number of benzene rings is 4. The number of rotatable bonds is 5. The number of amidine groups is 1. The fourth-order valence-corrected chi connectivity index (χ4v) is 5.94. The molecule has 1 saturated heterocycles. The van der Waals surface area contributed by atoms with Gasteiger partial charge in [0, 0.05) is 37.1 Å². The van der Waals surface area contributed by atoms with Crippen LogP contribution in [0.5, 0.6) is 0 Å². The molecule has 4 aromatic rings. The van der Waals surface area contributed by atoms with Crippen LogP contribution < -0.4 is 5.73 Å². The average Bonchev–Trinajstić information content (AvgIpc) is 2.88. The second kappa shape index (κ2) is 11.4. The number of nitrogens with zero attached hydrogens (tertiary/aromatic N) is 2. The number of carboxylic acid groups (broad SMARTS) is 1. The van der Waals surface area contributed by atoms with E-state index in [9.17, 15) is 13.2 Å². The quantitative estimate of drug-likeness (QED) is 0.245. The predicted octanol–water partition coefficient (Wildman–Crippen LogP) is 4.05. The summed E-state index contributed by atoms with van der Waals surface area (Å²) in [5.74, 6) is -1.08. The van der Waals surface area contributed by atoms with Crippen LogP contribution >= 0.6 is 11.6 Å². The van der Waals surface area contributed by atoms with Gasteiger partial charge in [-0.05, 0) is 63.5 Å². The molecule has 1 aliphatic heterocycles. The topological polar surface area (TPSA) is 145 Å². The van der Waals surface area contributed by atoms with Crippen LogP contribution in [0.15, 0.2) is 77.7 Å². The minimum absolute atomic E-state index is 0.0000220. The first-order valence-electron chi connectivity index (χ1n) is 12.0. The summed E-state index contributed by atoms with van der Waals surface area (Å²) < 4.78 is 27.7. The lowest BCUT2D eigenvalue weighted by molar-refractivity contribution is -0.135. The van der Waals surface area contributed by atoms with Crippen molar-refractivity contribution in [1.29, 1.82) is 5.41 Å². The van der Waals surface area contributed by atoms with Gasteiger partial charge in [0.05, 0.1) is 11.4 Å². The number of piperazine rings is 1. The molecule has 0 aromatic heterocycles. The number of fused-ring (bicyclic) bond motifs is 2. The number of amides is 1. The fraction of sp³-hybridized carbons (Fsp3) is 0.179. The van der Waals surface area contributed by atoms with Gasteiger partial charge in [-0.15, -0.1) is 0 Å². The van der Waals surface area contributed by atoms with E-state index < -0.39 is 16.0 Å². The first-order valence-corrected chi connectivity index (χ1v) is 13.8. The number of halogens is 1. The third-order valence-electron chi connectivity index (χ3n) is 6.28. The Morgan fingerprint density at radius 1 is 0.949 bits per heavy atom. The number of aliphatic carboxylic acids is 1. The van der Waals surface area contributed by atoms with Crippen molar-refractivity contribution < 1.29 is 23.1 Å². The van der Waals surface area contributed by atoms with E-state index in [2.05, 4.69) is 0 Å². The molecule has 9 nitrogen and oxygen atoms in total. The zero-order valence-corrected chi connectivity index (χ0v) is 22.7. The Morgan fingerprint density at radius 3 is 2.28 bits per heavy atom. The highest BCUT2D eigenvalue weighted by Gasteiger charge is 2.33. The minimum Gasteiger partial charge on any atom is -0.481 e. The number of carbonyl (C=O) groups excluding carboxylic acids is 1. The van der Waals surface area contributed by atoms with E-state index in [0.717, 1.165) is 34.0 Å². The summed E-state index contributed by atoms with van der Waals surface area (Å²) in [4.78, 5) is 23.7. The second-order valence-corrected chi connectivity index (χ2v) is 11.5. The molecule has 4 aromatic carbocycles. The van der Waals surface area contributed by atoms with E-state index in [0.29, 0.717) is 23.7 Å². The lowest BCUT2D eigenvalue weighted by Crippen LogP contribution is -2.51. The van der Waals surface area contributed by atoms with Crippen molar-refractivity contribution >= 4 is 60.9 Å². The molecule has 0 aliphatic carbocycles. The highest BCUT2D eigenvalue weighted by molar-refractivity contribution is 7.89. The monoisotopic (exact) mass is 566 g/mol. The Bertz CT molecular complexity index is 1700. The maximum atomic E-state index is 13.2. The van der Waals surface area contributed by atoms with Crippen LogP contribution in [0.2, 0.25) is 5.02 Å². The molecule has 1 fully saturated rings.